The number of nitrogens with zero attached hydrogens (tertiary/aromatic N) is 2. The molecule has 368 valence electrons. The summed E-state index contributed by atoms with van der Waals surface area (Å²) in [6, 6.07) is 3.25. The first-order valence-electron chi connectivity index (χ1n) is 23.4. The third-order valence-electron chi connectivity index (χ3n) is 15.0. The van der Waals surface area contributed by atoms with E-state index < -0.39 is 144 Å². The quantitative estimate of drug-likeness (QED) is 0.194. The van der Waals surface area contributed by atoms with Crippen LogP contribution in [0.2, 0.25) is 0 Å². The predicted molar refractivity (Wildman–Crippen MR) is 232 cm³/mol. The van der Waals surface area contributed by atoms with Gasteiger partial charge in [0.1, 0.15) is 47.8 Å². The predicted octanol–water partition coefficient (Wildman–Crippen LogP) is 3.11. The molecule has 0 bridgehead atoms. The Morgan fingerprint density at radius 3 is 2.03 bits per heavy atom. The minimum Gasteiger partial charge on any atom is -0.507 e. The summed E-state index contributed by atoms with van der Waals surface area (Å²) in [5.74, 6) is -3.62. The summed E-state index contributed by atoms with van der Waals surface area (Å²) < 4.78 is 57.6. The third-order valence-corrected chi connectivity index (χ3v) is 15.0. The zero-order valence-corrected chi connectivity index (χ0v) is 39.3. The number of phenols is 3. The fourth-order valence-corrected chi connectivity index (χ4v) is 11.3. The topological polar surface area (TPSA) is 242 Å². The lowest BCUT2D eigenvalue weighted by Crippen LogP contribution is -2.62. The van der Waals surface area contributed by atoms with E-state index in [2.05, 4.69) is 0 Å². The maximum atomic E-state index is 14.3. The van der Waals surface area contributed by atoms with Gasteiger partial charge in [-0.1, -0.05) is 19.1 Å². The fraction of sp³-hybridized carbons (Fsp3) is 0.688. The van der Waals surface area contributed by atoms with Crippen LogP contribution < -0.4 is 0 Å². The van der Waals surface area contributed by atoms with Crippen LogP contribution >= 0.6 is 0 Å². The number of aliphatic hydroxyl groups excluding tert-OH is 1. The summed E-state index contributed by atoms with van der Waals surface area (Å²) in [7, 11) is 7.41. The zero-order chi connectivity index (χ0) is 48.1. The van der Waals surface area contributed by atoms with E-state index in [1.165, 1.54) is 18.2 Å². The van der Waals surface area contributed by atoms with E-state index in [1.807, 2.05) is 51.8 Å². The Morgan fingerprint density at radius 1 is 0.701 bits per heavy atom. The summed E-state index contributed by atoms with van der Waals surface area (Å²) in [5.41, 5.74) is -3.62. The van der Waals surface area contributed by atoms with Crippen molar-refractivity contribution in [1.82, 2.24) is 9.80 Å². The monoisotopic (exact) mass is 940 g/mol. The summed E-state index contributed by atoms with van der Waals surface area (Å²) in [5, 5.41) is 59.3. The molecule has 0 radical (unpaired) electrons. The average Bonchev–Trinajstić information content (AvgIpc) is 3.26. The highest BCUT2D eigenvalue weighted by Crippen LogP contribution is 2.58. The lowest BCUT2D eigenvalue weighted by molar-refractivity contribution is -0.371. The van der Waals surface area contributed by atoms with Gasteiger partial charge in [0.2, 0.25) is 5.78 Å². The molecule has 18 atom stereocenters. The Labute approximate surface area is 389 Å². The number of hydrogen-bond acceptors (Lipinski definition) is 19. The molecule has 0 saturated carbocycles. The molecule has 2 aromatic carbocycles. The largest absolute Gasteiger partial charge is 0.507 e. The van der Waals surface area contributed by atoms with Gasteiger partial charge in [-0.05, 0) is 68.4 Å². The van der Waals surface area contributed by atoms with Crippen LogP contribution in [0.15, 0.2) is 18.2 Å². The van der Waals surface area contributed by atoms with E-state index in [1.54, 1.807) is 20.8 Å². The van der Waals surface area contributed by atoms with Gasteiger partial charge in [-0.2, -0.15) is 0 Å². The molecule has 0 amide bonds. The van der Waals surface area contributed by atoms with Crippen molar-refractivity contribution in [2.45, 2.75) is 183 Å². The first kappa shape index (κ1) is 48.4. The molecule has 5 fully saturated rings. The van der Waals surface area contributed by atoms with Gasteiger partial charge in [0, 0.05) is 60.9 Å². The number of likely N-dealkylation sites (N-methyl/N-ethyl adjacent to an activating group) is 2. The number of Topliss-reactive ketones (excluding diaryl/α,β-unsaturated/α-hetero) is 1. The highest BCUT2D eigenvalue weighted by atomic mass is 16.8. The smallest absolute Gasteiger partial charge is 0.202 e. The van der Waals surface area contributed by atoms with Crippen molar-refractivity contribution in [2.75, 3.05) is 28.2 Å². The second-order valence-electron chi connectivity index (χ2n) is 19.7. The van der Waals surface area contributed by atoms with Crippen molar-refractivity contribution in [3.8, 4) is 17.2 Å². The normalized spacial score (nSPS) is 40.8. The van der Waals surface area contributed by atoms with Gasteiger partial charge in [0.25, 0.3) is 0 Å². The zero-order valence-electron chi connectivity index (χ0n) is 39.3. The number of ketones is 3. The molecule has 5 N–H and O–H groups in total. The van der Waals surface area contributed by atoms with Crippen molar-refractivity contribution in [1.29, 1.82) is 0 Å². The SMILES string of the molecule is CC[C@@]1(O)C[C@H](OC2CC(N(C)C)C(OC3CC4OC5CC(=O)C(C)OC5OC4C(C)O3)C(C)O2)c2c(O)c3c(c(O)c2[C@H]1OC1CC(N(C)C)C(O)C(C)O1)C(=O)c1cccc(O)c1C3=O. The molecule has 2 aromatic rings. The molecule has 0 spiro atoms. The Kier molecular flexibility index (Phi) is 13.2. The highest BCUT2D eigenvalue weighted by molar-refractivity contribution is 6.31. The van der Waals surface area contributed by atoms with Crippen LogP contribution in [0.4, 0.5) is 0 Å². The maximum Gasteiger partial charge on any atom is 0.202 e. The van der Waals surface area contributed by atoms with Crippen molar-refractivity contribution in [3.05, 3.63) is 51.6 Å². The number of fused-ring (bicyclic) bond motifs is 5. The second-order valence-corrected chi connectivity index (χ2v) is 19.7. The fourth-order valence-electron chi connectivity index (χ4n) is 11.3. The van der Waals surface area contributed by atoms with Crippen molar-refractivity contribution in [2.24, 2.45) is 0 Å². The second kappa shape index (κ2) is 18.3. The molecule has 19 nitrogen and oxygen atoms in total. The van der Waals surface area contributed by atoms with Crippen LogP contribution in [-0.2, 0) is 47.4 Å². The van der Waals surface area contributed by atoms with Crippen LogP contribution in [0.1, 0.15) is 128 Å². The van der Waals surface area contributed by atoms with Crippen LogP contribution in [-0.4, -0.2) is 179 Å². The molecule has 7 aliphatic rings. The van der Waals surface area contributed by atoms with E-state index in [9.17, 15) is 39.9 Å². The lowest BCUT2D eigenvalue weighted by atomic mass is 9.70. The molecule has 5 heterocycles. The molecule has 0 aromatic heterocycles. The number of ether oxygens (including phenoxy) is 9. The molecule has 15 unspecified atom stereocenters. The lowest BCUT2D eigenvalue weighted by Gasteiger charge is -2.51. The molecular weight excluding hydrogens is 877 g/mol. The van der Waals surface area contributed by atoms with Crippen LogP contribution in [0.25, 0.3) is 0 Å². The summed E-state index contributed by atoms with van der Waals surface area (Å²) in [6.07, 6.45) is -10.6. The Bertz CT molecular complexity index is 2260. The van der Waals surface area contributed by atoms with Crippen LogP contribution in [0.5, 0.6) is 17.2 Å². The molecule has 2 aliphatic carbocycles. The molecule has 19 heteroatoms. The number of aliphatic hydroxyl groups is 2. The van der Waals surface area contributed by atoms with Gasteiger partial charge >= 0.3 is 0 Å². The van der Waals surface area contributed by atoms with E-state index >= 15 is 0 Å². The van der Waals surface area contributed by atoms with Crippen LogP contribution in [0, 0.1) is 0 Å². The molecule has 5 aliphatic heterocycles. The summed E-state index contributed by atoms with van der Waals surface area (Å²) >= 11 is 0. The molecule has 9 rings (SSSR count). The van der Waals surface area contributed by atoms with Crippen molar-refractivity contribution in [3.63, 3.8) is 0 Å². The maximum absolute atomic E-state index is 14.3. The van der Waals surface area contributed by atoms with E-state index in [0.717, 1.165) is 0 Å². The Hall–Kier alpha value is -3.67. The number of rotatable bonds is 9. The molecule has 5 saturated heterocycles. The Balaban J connectivity index is 1.02. The average molecular weight is 941 g/mol. The van der Waals surface area contributed by atoms with Crippen molar-refractivity contribution < 1.29 is 82.5 Å². The van der Waals surface area contributed by atoms with Gasteiger partial charge in [-0.15, -0.1) is 0 Å². The first-order chi connectivity index (χ1) is 31.7. The van der Waals surface area contributed by atoms with Crippen LogP contribution in [0.3, 0.4) is 0 Å². The number of carbonyl (C=O) groups excluding carboxylic acids is 3. The number of benzene rings is 2. The number of aromatic hydroxyl groups is 3. The van der Waals surface area contributed by atoms with E-state index in [0.29, 0.717) is 6.42 Å². The highest BCUT2D eigenvalue weighted by Gasteiger charge is 2.56. The summed E-state index contributed by atoms with van der Waals surface area (Å²) in [6.45, 7) is 8.84. The van der Waals surface area contributed by atoms with Gasteiger partial charge in [-0.25, -0.2) is 0 Å². The summed E-state index contributed by atoms with van der Waals surface area (Å²) in [4.78, 5) is 44.8. The number of phenolic OH excluding ortho intramolecular Hbond substituents is 3. The van der Waals surface area contributed by atoms with Gasteiger partial charge in [0.15, 0.2) is 36.7 Å². The third kappa shape index (κ3) is 8.40. The molecular formula is C48H64N2O17. The standard InChI is InChI=1S/C48H64N2O17/c1-10-48(58)18-30(64-31-15-25(50(8)9)44(21(4)60-31)65-33-17-28-45(22(5)61-33)67-47-29(63-28)16-27(52)19(2)62-47)35-38(46(48)66-32-14-24(49(6)7)39(53)20(3)59-32)43(57)36-37(42(35)56)41(55)34-23(40(36)54)12-11-13-26(34)51/h11-13,19-22,24-25,28-33,39,44-47,51,53,56-58H,10,14-18H2,1-9H3/t19?,20?,21?,22?,24?,25?,28?,29?,30-,31?,32?,33?,39?,44?,45?,46+,47?,48+/m0/s1. The minimum absolute atomic E-state index is 0.0400. The van der Waals surface area contributed by atoms with E-state index in [4.69, 9.17) is 42.6 Å². The number of carbonyl (C=O) groups is 3. The van der Waals surface area contributed by atoms with Crippen molar-refractivity contribution >= 4 is 17.3 Å². The molecule has 67 heavy (non-hydrogen) atoms. The van der Waals surface area contributed by atoms with E-state index in [-0.39, 0.29) is 66.2 Å². The van der Waals surface area contributed by atoms with Gasteiger partial charge in [0.05, 0.1) is 58.9 Å². The Morgan fingerprint density at radius 2 is 1.33 bits per heavy atom. The number of hydrogen-bond donors (Lipinski definition) is 5. The van der Waals surface area contributed by atoms with Gasteiger partial charge < -0.3 is 78.0 Å². The first-order valence-corrected chi connectivity index (χ1v) is 23.4. The minimum atomic E-state index is -1.83. The van der Waals surface area contributed by atoms with Gasteiger partial charge in [-0.3, -0.25) is 14.4 Å².